The lowest BCUT2D eigenvalue weighted by Crippen LogP contribution is -2.27. The van der Waals surface area contributed by atoms with Gasteiger partial charge >= 0.3 is 0 Å². The summed E-state index contributed by atoms with van der Waals surface area (Å²) in [6.07, 6.45) is 4.48. The van der Waals surface area contributed by atoms with E-state index in [1.807, 2.05) is 13.8 Å². The van der Waals surface area contributed by atoms with Crippen LogP contribution < -0.4 is 4.72 Å². The molecule has 0 bridgehead atoms. The van der Waals surface area contributed by atoms with E-state index in [1.165, 1.54) is 6.07 Å². The molecule has 6 nitrogen and oxygen atoms in total. The minimum Gasteiger partial charge on any atom is -0.390 e. The van der Waals surface area contributed by atoms with Crippen LogP contribution in [0.4, 0.5) is 0 Å². The molecule has 1 unspecified atom stereocenters. The molecule has 1 atom stereocenters. The summed E-state index contributed by atoms with van der Waals surface area (Å²) < 4.78 is 34.4. The first kappa shape index (κ1) is 16.5. The molecule has 2 heterocycles. The van der Waals surface area contributed by atoms with Crippen molar-refractivity contribution in [3.8, 4) is 0 Å². The van der Waals surface area contributed by atoms with Gasteiger partial charge in [-0.2, -0.15) is 0 Å². The van der Waals surface area contributed by atoms with Gasteiger partial charge in [0, 0.05) is 31.1 Å². The Bertz CT molecular complexity index is 560. The average Bonchev–Trinajstić information content (AvgIpc) is 3.07. The number of ether oxygens (including phenoxy) is 1. The second-order valence-corrected chi connectivity index (χ2v) is 7.41. The fraction of sp³-hybridized carbons (Fsp3) is 0.714. The first-order valence-electron chi connectivity index (χ1n) is 7.37. The van der Waals surface area contributed by atoms with Gasteiger partial charge in [-0.3, -0.25) is 0 Å². The third-order valence-electron chi connectivity index (χ3n) is 3.72. The number of sulfonamides is 1. The van der Waals surface area contributed by atoms with Crippen molar-refractivity contribution in [2.75, 3.05) is 13.2 Å². The number of hydrogen-bond acceptors (Lipinski definition) is 4. The Labute approximate surface area is 126 Å². The molecule has 1 fully saturated rings. The third kappa shape index (κ3) is 4.06. The Kier molecular flexibility index (Phi) is 5.43. The number of aromatic nitrogens is 1. The van der Waals surface area contributed by atoms with E-state index in [-0.39, 0.29) is 23.6 Å². The fourth-order valence-corrected chi connectivity index (χ4v) is 3.66. The molecule has 1 aliphatic rings. The van der Waals surface area contributed by atoms with Crippen molar-refractivity contribution in [1.29, 1.82) is 0 Å². The molecule has 1 aliphatic heterocycles. The fourth-order valence-electron chi connectivity index (χ4n) is 2.56. The van der Waals surface area contributed by atoms with Crippen LogP contribution in [0.3, 0.4) is 0 Å². The van der Waals surface area contributed by atoms with E-state index < -0.39 is 10.0 Å². The summed E-state index contributed by atoms with van der Waals surface area (Å²) in [7, 11) is -3.53. The van der Waals surface area contributed by atoms with Crippen LogP contribution in [0, 0.1) is 0 Å². The summed E-state index contributed by atoms with van der Waals surface area (Å²) in [5, 5.41) is 9.31. The van der Waals surface area contributed by atoms with Crippen LogP contribution in [0.25, 0.3) is 0 Å². The van der Waals surface area contributed by atoms with E-state index in [0.717, 1.165) is 19.4 Å². The molecule has 0 aliphatic carbocycles. The number of hydrogen-bond donors (Lipinski definition) is 2. The van der Waals surface area contributed by atoms with Gasteiger partial charge in [0.25, 0.3) is 0 Å². The maximum absolute atomic E-state index is 12.3. The van der Waals surface area contributed by atoms with Gasteiger partial charge in [0.2, 0.25) is 10.0 Å². The maximum atomic E-state index is 12.3. The molecule has 120 valence electrons. The van der Waals surface area contributed by atoms with E-state index in [4.69, 9.17) is 4.74 Å². The van der Waals surface area contributed by atoms with Gasteiger partial charge in [-0.05, 0) is 39.2 Å². The van der Waals surface area contributed by atoms with E-state index in [0.29, 0.717) is 18.7 Å². The molecule has 0 spiro atoms. The van der Waals surface area contributed by atoms with Crippen molar-refractivity contribution >= 4 is 10.0 Å². The van der Waals surface area contributed by atoms with E-state index >= 15 is 0 Å². The van der Waals surface area contributed by atoms with Crippen molar-refractivity contribution < 1.29 is 18.3 Å². The molecule has 1 saturated heterocycles. The van der Waals surface area contributed by atoms with Gasteiger partial charge in [-0.25, -0.2) is 13.1 Å². The van der Waals surface area contributed by atoms with Crippen molar-refractivity contribution in [3.63, 3.8) is 0 Å². The Morgan fingerprint density at radius 2 is 2.29 bits per heavy atom. The van der Waals surface area contributed by atoms with Crippen molar-refractivity contribution in [1.82, 2.24) is 9.29 Å². The molecule has 0 saturated carbocycles. The topological polar surface area (TPSA) is 80.6 Å². The molecule has 0 amide bonds. The van der Waals surface area contributed by atoms with Crippen LogP contribution >= 0.6 is 0 Å². The Hall–Kier alpha value is -0.890. The molecule has 7 heteroatoms. The van der Waals surface area contributed by atoms with E-state index in [9.17, 15) is 13.5 Å². The van der Waals surface area contributed by atoms with Crippen molar-refractivity contribution in [2.45, 2.75) is 56.8 Å². The van der Waals surface area contributed by atoms with E-state index in [1.54, 1.807) is 10.8 Å². The number of nitrogens with one attached hydrogen (secondary N) is 1. The lowest BCUT2D eigenvalue weighted by Gasteiger charge is -2.11. The molecule has 21 heavy (non-hydrogen) atoms. The summed E-state index contributed by atoms with van der Waals surface area (Å²) >= 11 is 0. The normalized spacial score (nSPS) is 19.5. The Morgan fingerprint density at radius 1 is 1.52 bits per heavy atom. The van der Waals surface area contributed by atoms with Crippen molar-refractivity contribution in [2.24, 2.45) is 0 Å². The summed E-state index contributed by atoms with van der Waals surface area (Å²) in [6.45, 7) is 4.85. The van der Waals surface area contributed by atoms with Gasteiger partial charge in [0.05, 0.1) is 17.6 Å². The van der Waals surface area contributed by atoms with Crippen LogP contribution in [0.15, 0.2) is 17.2 Å². The largest absolute Gasteiger partial charge is 0.390 e. The predicted octanol–water partition coefficient (Wildman–Crippen LogP) is 1.41. The van der Waals surface area contributed by atoms with Gasteiger partial charge < -0.3 is 14.4 Å². The molecule has 2 rings (SSSR count). The minimum absolute atomic E-state index is 0.1000. The maximum Gasteiger partial charge on any atom is 0.242 e. The molecule has 0 radical (unpaired) electrons. The Morgan fingerprint density at radius 3 is 2.81 bits per heavy atom. The molecule has 2 N–H and O–H groups in total. The second kappa shape index (κ2) is 6.91. The van der Waals surface area contributed by atoms with Crippen LogP contribution in [-0.2, 0) is 21.4 Å². The highest BCUT2D eigenvalue weighted by atomic mass is 32.2. The highest BCUT2D eigenvalue weighted by Crippen LogP contribution is 2.19. The zero-order valence-corrected chi connectivity index (χ0v) is 13.4. The number of aliphatic hydroxyl groups is 1. The third-order valence-corrected chi connectivity index (χ3v) is 5.15. The summed E-state index contributed by atoms with van der Waals surface area (Å²) in [5.74, 6) is 0. The van der Waals surface area contributed by atoms with E-state index in [2.05, 4.69) is 4.72 Å². The lowest BCUT2D eigenvalue weighted by molar-refractivity contribution is 0.105. The smallest absolute Gasteiger partial charge is 0.242 e. The second-order valence-electron chi connectivity index (χ2n) is 5.65. The van der Waals surface area contributed by atoms with Crippen LogP contribution in [0.1, 0.15) is 44.8 Å². The SMILES string of the molecule is CC(C)n1cc(S(=O)(=O)NCCC2CCCO2)cc1CO. The number of rotatable bonds is 7. The van der Waals surface area contributed by atoms with Gasteiger partial charge in [0.1, 0.15) is 0 Å². The van der Waals surface area contributed by atoms with Crippen LogP contribution in [0.5, 0.6) is 0 Å². The predicted molar refractivity (Wildman–Crippen MR) is 79.5 cm³/mol. The van der Waals surface area contributed by atoms with Gasteiger partial charge in [-0.1, -0.05) is 0 Å². The molecule has 1 aromatic rings. The van der Waals surface area contributed by atoms with Gasteiger partial charge in [-0.15, -0.1) is 0 Å². The lowest BCUT2D eigenvalue weighted by atomic mass is 10.2. The highest BCUT2D eigenvalue weighted by Gasteiger charge is 2.20. The summed E-state index contributed by atoms with van der Waals surface area (Å²) in [5.41, 5.74) is 0.601. The zero-order valence-electron chi connectivity index (χ0n) is 12.6. The standard InChI is InChI=1S/C14H24N2O4S/c1-11(2)16-9-14(8-12(16)10-17)21(18,19)15-6-5-13-4-3-7-20-13/h8-9,11,13,15,17H,3-7,10H2,1-2H3. The van der Waals surface area contributed by atoms with Crippen molar-refractivity contribution in [3.05, 3.63) is 18.0 Å². The molecular weight excluding hydrogens is 292 g/mol. The minimum atomic E-state index is -3.53. The quantitative estimate of drug-likeness (QED) is 0.797. The summed E-state index contributed by atoms with van der Waals surface area (Å²) in [4.78, 5) is 0.201. The zero-order chi connectivity index (χ0) is 15.5. The summed E-state index contributed by atoms with van der Waals surface area (Å²) in [6, 6.07) is 1.62. The van der Waals surface area contributed by atoms with Crippen LogP contribution in [-0.4, -0.2) is 37.3 Å². The molecule has 1 aromatic heterocycles. The first-order valence-corrected chi connectivity index (χ1v) is 8.85. The molecular formula is C14H24N2O4S. The number of aliphatic hydroxyl groups excluding tert-OH is 1. The number of nitrogens with zero attached hydrogens (tertiary/aromatic N) is 1. The highest BCUT2D eigenvalue weighted by molar-refractivity contribution is 7.89. The molecule has 0 aromatic carbocycles. The van der Waals surface area contributed by atoms with Crippen LogP contribution in [0.2, 0.25) is 0 Å². The Balaban J connectivity index is 2.01. The monoisotopic (exact) mass is 316 g/mol. The first-order chi connectivity index (χ1) is 9.94. The average molecular weight is 316 g/mol. The van der Waals surface area contributed by atoms with Gasteiger partial charge in [0.15, 0.2) is 0 Å².